The molecule has 1 nitrogen and oxygen atoms in total. The van der Waals surface area contributed by atoms with E-state index in [1.165, 1.54) is 28.8 Å². The zero-order valence-electron chi connectivity index (χ0n) is 15.0. The van der Waals surface area contributed by atoms with Crippen molar-refractivity contribution in [3.05, 3.63) is 106 Å². The maximum Gasteiger partial charge on any atom is 0.159 e. The van der Waals surface area contributed by atoms with Crippen LogP contribution in [0.1, 0.15) is 40.2 Å². The first kappa shape index (κ1) is 16.6. The molecule has 2 aliphatic rings. The third-order valence-corrected chi connectivity index (χ3v) is 6.07. The molecule has 0 amide bonds. The van der Waals surface area contributed by atoms with Crippen LogP contribution in [-0.2, 0) is 19.5 Å². The lowest BCUT2D eigenvalue weighted by atomic mass is 9.71. The van der Waals surface area contributed by atoms with Crippen LogP contribution in [0.15, 0.2) is 66.7 Å². The monoisotopic (exact) mass is 361 g/mol. The van der Waals surface area contributed by atoms with Gasteiger partial charge in [-0.3, -0.25) is 4.90 Å². The Kier molecular flexibility index (Phi) is 4.05. The van der Waals surface area contributed by atoms with Crippen molar-refractivity contribution >= 4 is 0 Å². The summed E-state index contributed by atoms with van der Waals surface area (Å²) in [7, 11) is 0. The highest BCUT2D eigenvalue weighted by Gasteiger charge is 2.39. The van der Waals surface area contributed by atoms with E-state index >= 15 is 0 Å². The predicted octanol–water partition coefficient (Wildman–Crippen LogP) is 5.43. The first-order chi connectivity index (χ1) is 13.2. The van der Waals surface area contributed by atoms with Crippen LogP contribution in [0.5, 0.6) is 0 Å². The molecule has 0 radical (unpaired) electrons. The molecule has 27 heavy (non-hydrogen) atoms. The van der Waals surface area contributed by atoms with E-state index in [4.69, 9.17) is 0 Å². The average Bonchev–Trinajstić information content (AvgIpc) is 2.69. The summed E-state index contributed by atoms with van der Waals surface area (Å²) in [6, 6.07) is 22.1. The Labute approximate surface area is 158 Å². The quantitative estimate of drug-likeness (QED) is 0.588. The molecule has 0 N–H and O–H groups in total. The molecule has 1 aliphatic carbocycles. The first-order valence-corrected chi connectivity index (χ1v) is 9.54. The largest absolute Gasteiger partial charge is 0.291 e. The van der Waals surface area contributed by atoms with Crippen LogP contribution in [0.2, 0.25) is 0 Å². The van der Waals surface area contributed by atoms with Gasteiger partial charge in [0.15, 0.2) is 11.6 Å². The van der Waals surface area contributed by atoms with E-state index in [2.05, 4.69) is 53.4 Å². The highest BCUT2D eigenvalue weighted by Crippen LogP contribution is 2.45. The fourth-order valence-corrected chi connectivity index (χ4v) is 4.86. The number of halogens is 2. The zero-order valence-corrected chi connectivity index (χ0v) is 15.0. The number of hydrogen-bond acceptors (Lipinski definition) is 1. The molecule has 0 fully saturated rings. The molecule has 2 atom stereocenters. The van der Waals surface area contributed by atoms with Crippen LogP contribution in [0.4, 0.5) is 8.78 Å². The van der Waals surface area contributed by atoms with Crippen molar-refractivity contribution in [2.24, 2.45) is 0 Å². The van der Waals surface area contributed by atoms with Crippen LogP contribution < -0.4 is 0 Å². The molecule has 3 aromatic rings. The minimum atomic E-state index is -0.743. The first-order valence-electron chi connectivity index (χ1n) is 9.54. The summed E-state index contributed by atoms with van der Waals surface area (Å²) in [4.78, 5) is 2.51. The standard InChI is InChI=1S/C24H21F2N/c25-21-12-17-10-11-23-24(20(17)13-22(21)26)19-9-5-4-8-18(19)15-27(23)14-16-6-2-1-3-7-16/h1-9,12-13,23-24H,10-11,14-15H2/t23-,24+/m0/s1. The van der Waals surface area contributed by atoms with Crippen molar-refractivity contribution in [3.63, 3.8) is 0 Å². The number of nitrogens with zero attached hydrogens (tertiary/aromatic N) is 1. The third-order valence-electron chi connectivity index (χ3n) is 6.07. The number of benzene rings is 3. The van der Waals surface area contributed by atoms with Crippen molar-refractivity contribution in [3.8, 4) is 0 Å². The normalized spacial score (nSPS) is 21.3. The summed E-state index contributed by atoms with van der Waals surface area (Å²) in [5, 5.41) is 0. The number of aryl methyl sites for hydroxylation is 1. The van der Waals surface area contributed by atoms with Gasteiger partial charge in [0.1, 0.15) is 0 Å². The molecule has 0 unspecified atom stereocenters. The molecule has 0 saturated heterocycles. The van der Waals surface area contributed by atoms with E-state index in [9.17, 15) is 8.78 Å². The molecule has 0 spiro atoms. The van der Waals surface area contributed by atoms with Gasteiger partial charge in [-0.15, -0.1) is 0 Å². The van der Waals surface area contributed by atoms with Gasteiger partial charge in [-0.25, -0.2) is 8.78 Å². The van der Waals surface area contributed by atoms with E-state index in [1.54, 1.807) is 0 Å². The lowest BCUT2D eigenvalue weighted by molar-refractivity contribution is 0.132. The topological polar surface area (TPSA) is 3.24 Å². The van der Waals surface area contributed by atoms with Crippen molar-refractivity contribution < 1.29 is 8.78 Å². The molecular formula is C24H21F2N. The minimum absolute atomic E-state index is 0.0949. The Balaban J connectivity index is 1.61. The summed E-state index contributed by atoms with van der Waals surface area (Å²) in [6.45, 7) is 1.76. The highest BCUT2D eigenvalue weighted by molar-refractivity contribution is 5.47. The van der Waals surface area contributed by atoms with E-state index in [-0.39, 0.29) is 5.92 Å². The average molecular weight is 361 g/mol. The van der Waals surface area contributed by atoms with Crippen molar-refractivity contribution in [1.82, 2.24) is 4.90 Å². The number of fused-ring (bicyclic) bond motifs is 5. The van der Waals surface area contributed by atoms with Gasteiger partial charge >= 0.3 is 0 Å². The van der Waals surface area contributed by atoms with Gasteiger partial charge in [0.05, 0.1) is 0 Å². The van der Waals surface area contributed by atoms with Gasteiger partial charge in [-0.2, -0.15) is 0 Å². The van der Waals surface area contributed by atoms with Crippen molar-refractivity contribution in [2.45, 2.75) is 37.9 Å². The van der Waals surface area contributed by atoms with Gasteiger partial charge in [-0.1, -0.05) is 54.6 Å². The molecular weight excluding hydrogens is 340 g/mol. The molecule has 5 rings (SSSR count). The second kappa shape index (κ2) is 6.58. The lowest BCUT2D eigenvalue weighted by Gasteiger charge is -2.46. The summed E-state index contributed by atoms with van der Waals surface area (Å²) >= 11 is 0. The summed E-state index contributed by atoms with van der Waals surface area (Å²) in [5.41, 5.74) is 5.74. The molecule has 3 aromatic carbocycles. The lowest BCUT2D eigenvalue weighted by Crippen LogP contribution is -2.45. The maximum absolute atomic E-state index is 14.1. The van der Waals surface area contributed by atoms with Gasteiger partial charge < -0.3 is 0 Å². The van der Waals surface area contributed by atoms with Gasteiger partial charge in [-0.05, 0) is 52.8 Å². The molecule has 0 saturated carbocycles. The second-order valence-electron chi connectivity index (χ2n) is 7.64. The summed E-state index contributed by atoms with van der Waals surface area (Å²) < 4.78 is 27.9. The highest BCUT2D eigenvalue weighted by atomic mass is 19.2. The van der Waals surface area contributed by atoms with Gasteiger partial charge in [0.25, 0.3) is 0 Å². The third kappa shape index (κ3) is 2.87. The Morgan fingerprint density at radius 2 is 1.56 bits per heavy atom. The van der Waals surface area contributed by atoms with Crippen LogP contribution in [0.3, 0.4) is 0 Å². The van der Waals surface area contributed by atoms with Crippen molar-refractivity contribution in [2.75, 3.05) is 0 Å². The smallest absolute Gasteiger partial charge is 0.159 e. The number of hydrogen-bond donors (Lipinski definition) is 0. The maximum atomic E-state index is 14.1. The fraction of sp³-hybridized carbons (Fsp3) is 0.250. The van der Waals surface area contributed by atoms with Gasteiger partial charge in [0, 0.05) is 25.0 Å². The Hall–Kier alpha value is -2.52. The van der Waals surface area contributed by atoms with Gasteiger partial charge in [0.2, 0.25) is 0 Å². The molecule has 136 valence electrons. The van der Waals surface area contributed by atoms with E-state index in [0.717, 1.165) is 37.1 Å². The minimum Gasteiger partial charge on any atom is -0.291 e. The Bertz CT molecular complexity index is 983. The molecule has 1 aliphatic heterocycles. The fourth-order valence-electron chi connectivity index (χ4n) is 4.86. The molecule has 1 heterocycles. The molecule has 0 aromatic heterocycles. The number of rotatable bonds is 2. The molecule has 3 heteroatoms. The van der Waals surface area contributed by atoms with Crippen LogP contribution in [-0.4, -0.2) is 10.9 Å². The summed E-state index contributed by atoms with van der Waals surface area (Å²) in [5.74, 6) is -1.39. The second-order valence-corrected chi connectivity index (χ2v) is 7.64. The Morgan fingerprint density at radius 3 is 2.41 bits per heavy atom. The van der Waals surface area contributed by atoms with Crippen LogP contribution in [0, 0.1) is 11.6 Å². The zero-order chi connectivity index (χ0) is 18.4. The Morgan fingerprint density at radius 1 is 0.815 bits per heavy atom. The van der Waals surface area contributed by atoms with Crippen molar-refractivity contribution in [1.29, 1.82) is 0 Å². The summed E-state index contributed by atoms with van der Waals surface area (Å²) in [6.07, 6.45) is 1.76. The van der Waals surface area contributed by atoms with E-state index in [0.29, 0.717) is 6.04 Å². The van der Waals surface area contributed by atoms with Crippen LogP contribution >= 0.6 is 0 Å². The molecule has 0 bridgehead atoms. The van der Waals surface area contributed by atoms with E-state index < -0.39 is 11.6 Å². The van der Waals surface area contributed by atoms with E-state index in [1.807, 2.05) is 6.07 Å². The van der Waals surface area contributed by atoms with Crippen LogP contribution in [0.25, 0.3) is 0 Å². The predicted molar refractivity (Wildman–Crippen MR) is 102 cm³/mol. The SMILES string of the molecule is Fc1cc2c(cc1F)[C@H]1c3ccccc3CN(Cc3ccccc3)[C@H]1CC2.